The Morgan fingerprint density at radius 3 is 2.62 bits per heavy atom. The van der Waals surface area contributed by atoms with Gasteiger partial charge in [-0.3, -0.25) is 0 Å². The van der Waals surface area contributed by atoms with E-state index < -0.39 is 0 Å². The van der Waals surface area contributed by atoms with Gasteiger partial charge in [-0.2, -0.15) is 12.6 Å². The van der Waals surface area contributed by atoms with Crippen molar-refractivity contribution in [1.29, 1.82) is 0 Å². The van der Waals surface area contributed by atoms with Gasteiger partial charge in [-0.15, -0.1) is 0 Å². The number of para-hydroxylation sites is 1. The van der Waals surface area contributed by atoms with Gasteiger partial charge >= 0.3 is 0 Å². The summed E-state index contributed by atoms with van der Waals surface area (Å²) in [5.41, 5.74) is 1.12. The van der Waals surface area contributed by atoms with Crippen LogP contribution in [0.15, 0.2) is 24.3 Å². The van der Waals surface area contributed by atoms with Gasteiger partial charge in [0.05, 0.1) is 25.1 Å². The lowest BCUT2D eigenvalue weighted by Gasteiger charge is -2.38. The first kappa shape index (κ1) is 8.91. The summed E-state index contributed by atoms with van der Waals surface area (Å²) in [6.07, 6.45) is 0. The Hall–Kier alpha value is -0.670. The fraction of sp³-hybridized carbons (Fsp3) is 0.400. The zero-order chi connectivity index (χ0) is 9.31. The van der Waals surface area contributed by atoms with E-state index in [9.17, 15) is 0 Å². The van der Waals surface area contributed by atoms with Crippen molar-refractivity contribution in [1.82, 2.24) is 0 Å². The zero-order valence-electron chi connectivity index (χ0n) is 7.49. The summed E-state index contributed by atoms with van der Waals surface area (Å²) < 4.78 is 10.3. The lowest BCUT2D eigenvalue weighted by Crippen LogP contribution is -2.41. The highest BCUT2D eigenvalue weighted by Crippen LogP contribution is 2.40. The first-order valence-corrected chi connectivity index (χ1v) is 4.65. The SMILES string of the molecule is COc1ccccc1C1(S)COC1. The third-order valence-electron chi connectivity index (χ3n) is 2.29. The Balaban J connectivity index is 2.38. The molecule has 0 saturated carbocycles. The molecule has 70 valence electrons. The maximum atomic E-state index is 5.26. The summed E-state index contributed by atoms with van der Waals surface area (Å²) in [6.45, 7) is 1.33. The van der Waals surface area contributed by atoms with Gasteiger partial charge < -0.3 is 9.47 Å². The summed E-state index contributed by atoms with van der Waals surface area (Å²) in [4.78, 5) is 0. The molecule has 2 nitrogen and oxygen atoms in total. The van der Waals surface area contributed by atoms with Crippen LogP contribution in [-0.4, -0.2) is 20.3 Å². The van der Waals surface area contributed by atoms with E-state index in [4.69, 9.17) is 9.47 Å². The maximum Gasteiger partial charge on any atom is 0.123 e. The van der Waals surface area contributed by atoms with Crippen LogP contribution in [0.1, 0.15) is 5.56 Å². The summed E-state index contributed by atoms with van der Waals surface area (Å²) in [6, 6.07) is 7.94. The second-order valence-electron chi connectivity index (χ2n) is 3.22. The van der Waals surface area contributed by atoms with Gasteiger partial charge in [-0.1, -0.05) is 18.2 Å². The van der Waals surface area contributed by atoms with E-state index in [0.29, 0.717) is 13.2 Å². The maximum absolute atomic E-state index is 5.26. The van der Waals surface area contributed by atoms with Gasteiger partial charge in [-0.25, -0.2) is 0 Å². The lowest BCUT2D eigenvalue weighted by atomic mass is 9.95. The van der Waals surface area contributed by atoms with Crippen molar-refractivity contribution in [2.75, 3.05) is 20.3 Å². The Morgan fingerprint density at radius 2 is 2.08 bits per heavy atom. The number of benzene rings is 1. The number of hydrogen-bond donors (Lipinski definition) is 1. The van der Waals surface area contributed by atoms with E-state index in [-0.39, 0.29) is 4.75 Å². The van der Waals surface area contributed by atoms with Crippen molar-refractivity contribution >= 4 is 12.6 Å². The Morgan fingerprint density at radius 1 is 1.38 bits per heavy atom. The van der Waals surface area contributed by atoms with Crippen molar-refractivity contribution in [2.24, 2.45) is 0 Å². The molecule has 0 radical (unpaired) electrons. The van der Waals surface area contributed by atoms with Gasteiger partial charge in [0.25, 0.3) is 0 Å². The number of methoxy groups -OCH3 is 1. The number of hydrogen-bond acceptors (Lipinski definition) is 3. The number of ether oxygens (including phenoxy) is 2. The molecule has 1 fully saturated rings. The van der Waals surface area contributed by atoms with Crippen LogP contribution in [0.2, 0.25) is 0 Å². The Bertz CT molecular complexity index is 308. The van der Waals surface area contributed by atoms with Crippen molar-refractivity contribution in [3.63, 3.8) is 0 Å². The standard InChI is InChI=1S/C10H12O2S/c1-11-9-5-3-2-4-8(9)10(13)6-12-7-10/h2-5,13H,6-7H2,1H3. The molecule has 2 rings (SSSR count). The van der Waals surface area contributed by atoms with Crippen molar-refractivity contribution in [2.45, 2.75) is 4.75 Å². The van der Waals surface area contributed by atoms with Crippen LogP contribution in [0.5, 0.6) is 5.75 Å². The summed E-state index contributed by atoms with van der Waals surface area (Å²) in [7, 11) is 1.68. The fourth-order valence-corrected chi connectivity index (χ4v) is 1.85. The monoisotopic (exact) mass is 196 g/mol. The topological polar surface area (TPSA) is 18.5 Å². The minimum Gasteiger partial charge on any atom is -0.496 e. The Labute approximate surface area is 83.3 Å². The van der Waals surface area contributed by atoms with Crippen LogP contribution in [0.25, 0.3) is 0 Å². The smallest absolute Gasteiger partial charge is 0.123 e. The van der Waals surface area contributed by atoms with E-state index in [2.05, 4.69) is 12.6 Å². The highest BCUT2D eigenvalue weighted by atomic mass is 32.1. The Kier molecular flexibility index (Phi) is 2.22. The highest BCUT2D eigenvalue weighted by Gasteiger charge is 2.38. The van der Waals surface area contributed by atoms with Gasteiger partial charge in [0, 0.05) is 5.56 Å². The molecular formula is C10H12O2S. The number of thiol groups is 1. The normalized spacial score (nSPS) is 19.2. The second-order valence-corrected chi connectivity index (χ2v) is 4.08. The molecule has 0 atom stereocenters. The molecule has 1 saturated heterocycles. The molecule has 1 heterocycles. The predicted molar refractivity (Wildman–Crippen MR) is 54.5 cm³/mol. The van der Waals surface area contributed by atoms with Crippen LogP contribution in [0.3, 0.4) is 0 Å². The molecule has 0 bridgehead atoms. The zero-order valence-corrected chi connectivity index (χ0v) is 8.38. The van der Waals surface area contributed by atoms with Gasteiger partial charge in [0.15, 0.2) is 0 Å². The van der Waals surface area contributed by atoms with Crippen LogP contribution < -0.4 is 4.74 Å². The van der Waals surface area contributed by atoms with E-state index in [0.717, 1.165) is 11.3 Å². The summed E-state index contributed by atoms with van der Waals surface area (Å²) >= 11 is 4.58. The summed E-state index contributed by atoms with van der Waals surface area (Å²) in [5, 5.41) is 0. The minimum absolute atomic E-state index is 0.146. The average Bonchev–Trinajstić information content (AvgIpc) is 2.14. The van der Waals surface area contributed by atoms with E-state index in [1.165, 1.54) is 0 Å². The fourth-order valence-electron chi connectivity index (χ4n) is 1.48. The van der Waals surface area contributed by atoms with Gasteiger partial charge in [0.2, 0.25) is 0 Å². The third-order valence-corrected chi connectivity index (χ3v) is 2.79. The molecule has 1 aromatic rings. The molecule has 0 N–H and O–H groups in total. The van der Waals surface area contributed by atoms with Crippen LogP contribution >= 0.6 is 12.6 Å². The molecule has 0 amide bonds. The largest absolute Gasteiger partial charge is 0.496 e. The molecule has 13 heavy (non-hydrogen) atoms. The minimum atomic E-state index is -0.146. The third kappa shape index (κ3) is 1.42. The average molecular weight is 196 g/mol. The van der Waals surface area contributed by atoms with Crippen LogP contribution in [0, 0.1) is 0 Å². The number of rotatable bonds is 2. The van der Waals surface area contributed by atoms with Crippen molar-refractivity contribution < 1.29 is 9.47 Å². The van der Waals surface area contributed by atoms with Crippen molar-refractivity contribution in [3.05, 3.63) is 29.8 Å². The second kappa shape index (κ2) is 3.24. The van der Waals surface area contributed by atoms with Gasteiger partial charge in [-0.05, 0) is 6.07 Å². The molecule has 1 aromatic carbocycles. The van der Waals surface area contributed by atoms with E-state index >= 15 is 0 Å². The van der Waals surface area contributed by atoms with Crippen molar-refractivity contribution in [3.8, 4) is 5.75 Å². The first-order valence-electron chi connectivity index (χ1n) is 4.20. The molecule has 3 heteroatoms. The van der Waals surface area contributed by atoms with Crippen LogP contribution in [-0.2, 0) is 9.48 Å². The predicted octanol–water partition coefficient (Wildman–Crippen LogP) is 1.85. The molecule has 0 aromatic heterocycles. The highest BCUT2D eigenvalue weighted by molar-refractivity contribution is 7.81. The quantitative estimate of drug-likeness (QED) is 0.728. The molecular weight excluding hydrogens is 184 g/mol. The molecule has 0 spiro atoms. The molecule has 1 aliphatic rings. The molecule has 0 unspecified atom stereocenters. The lowest BCUT2D eigenvalue weighted by molar-refractivity contribution is -0.0106. The molecule has 1 aliphatic heterocycles. The van der Waals surface area contributed by atoms with E-state index in [1.807, 2.05) is 24.3 Å². The van der Waals surface area contributed by atoms with E-state index in [1.54, 1.807) is 7.11 Å². The van der Waals surface area contributed by atoms with Gasteiger partial charge in [0.1, 0.15) is 5.75 Å². The summed E-state index contributed by atoms with van der Waals surface area (Å²) in [5.74, 6) is 0.890. The first-order chi connectivity index (χ1) is 6.26. The van der Waals surface area contributed by atoms with Crippen LogP contribution in [0.4, 0.5) is 0 Å². The molecule has 0 aliphatic carbocycles.